The summed E-state index contributed by atoms with van der Waals surface area (Å²) in [7, 11) is 0. The summed E-state index contributed by atoms with van der Waals surface area (Å²) in [6.07, 6.45) is 0.0955. The molecule has 0 radical (unpaired) electrons. The van der Waals surface area contributed by atoms with Gasteiger partial charge in [-0.2, -0.15) is 13.2 Å². The van der Waals surface area contributed by atoms with Gasteiger partial charge in [-0.3, -0.25) is 0 Å². The first kappa shape index (κ1) is 17.2. The van der Waals surface area contributed by atoms with Crippen molar-refractivity contribution >= 4 is 11.9 Å². The zero-order chi connectivity index (χ0) is 15.9. The number of carbonyl (C=O) groups excluding carboxylic acids is 2. The molecule has 0 aromatic heterocycles. The molecule has 1 aromatic carbocycles. The van der Waals surface area contributed by atoms with Crippen LogP contribution in [0.5, 0.6) is 0 Å². The molecular weight excluding hydrogens is 285 g/mol. The van der Waals surface area contributed by atoms with Gasteiger partial charge in [0.2, 0.25) is 0 Å². The van der Waals surface area contributed by atoms with Gasteiger partial charge >= 0.3 is 18.1 Å². The van der Waals surface area contributed by atoms with Gasteiger partial charge in [0.25, 0.3) is 0 Å². The SMILES string of the molecule is CCCCCCc1ccc(C(=O)OC(=O)C(F)(F)F)cc1. The molecule has 116 valence electrons. The maximum Gasteiger partial charge on any atom is 0.491 e. The van der Waals surface area contributed by atoms with Crippen molar-refractivity contribution < 1.29 is 27.5 Å². The minimum atomic E-state index is -5.17. The summed E-state index contributed by atoms with van der Waals surface area (Å²) in [4.78, 5) is 21.9. The van der Waals surface area contributed by atoms with Crippen molar-refractivity contribution in [3.05, 3.63) is 35.4 Å². The number of benzene rings is 1. The number of hydrogen-bond donors (Lipinski definition) is 0. The minimum Gasteiger partial charge on any atom is -0.383 e. The number of carbonyl (C=O) groups is 2. The molecule has 0 saturated carbocycles. The van der Waals surface area contributed by atoms with Crippen LogP contribution in [0.2, 0.25) is 0 Å². The Morgan fingerprint density at radius 2 is 1.67 bits per heavy atom. The Kier molecular flexibility index (Phi) is 6.39. The number of alkyl halides is 3. The predicted octanol–water partition coefficient (Wildman–Crippen LogP) is 4.06. The topological polar surface area (TPSA) is 43.4 Å². The van der Waals surface area contributed by atoms with Gasteiger partial charge in [-0.25, -0.2) is 9.59 Å². The minimum absolute atomic E-state index is 0.0788. The summed E-state index contributed by atoms with van der Waals surface area (Å²) in [5, 5.41) is 0. The van der Waals surface area contributed by atoms with Crippen molar-refractivity contribution in [1.29, 1.82) is 0 Å². The fourth-order valence-corrected chi connectivity index (χ4v) is 1.76. The molecule has 0 unspecified atom stereocenters. The van der Waals surface area contributed by atoms with Crippen LogP contribution in [-0.4, -0.2) is 18.1 Å². The van der Waals surface area contributed by atoms with E-state index in [1.165, 1.54) is 12.1 Å². The number of unbranched alkanes of at least 4 members (excludes halogenated alkanes) is 3. The molecule has 0 aliphatic carbocycles. The van der Waals surface area contributed by atoms with Gasteiger partial charge in [-0.15, -0.1) is 0 Å². The van der Waals surface area contributed by atoms with Crippen LogP contribution in [0.25, 0.3) is 0 Å². The van der Waals surface area contributed by atoms with Crippen molar-refractivity contribution in [3.8, 4) is 0 Å². The highest BCUT2D eigenvalue weighted by Crippen LogP contribution is 2.18. The van der Waals surface area contributed by atoms with Crippen LogP contribution in [0.1, 0.15) is 48.5 Å². The first-order valence-corrected chi connectivity index (χ1v) is 6.77. The van der Waals surface area contributed by atoms with Crippen LogP contribution in [0.4, 0.5) is 13.2 Å². The molecule has 0 amide bonds. The van der Waals surface area contributed by atoms with Gasteiger partial charge in [-0.05, 0) is 30.5 Å². The van der Waals surface area contributed by atoms with Crippen LogP contribution in [0, 0.1) is 0 Å². The second-order valence-corrected chi connectivity index (χ2v) is 4.68. The lowest BCUT2D eigenvalue weighted by molar-refractivity contribution is -0.193. The highest BCUT2D eigenvalue weighted by molar-refractivity contribution is 5.98. The summed E-state index contributed by atoms with van der Waals surface area (Å²) >= 11 is 0. The number of ether oxygens (including phenoxy) is 1. The monoisotopic (exact) mass is 302 g/mol. The molecule has 0 N–H and O–H groups in total. The molecule has 0 aliphatic rings. The molecule has 1 aromatic rings. The molecule has 1 rings (SSSR count). The van der Waals surface area contributed by atoms with Gasteiger partial charge in [-0.1, -0.05) is 38.3 Å². The third-order valence-electron chi connectivity index (χ3n) is 2.93. The third kappa shape index (κ3) is 5.97. The van der Waals surface area contributed by atoms with Gasteiger partial charge < -0.3 is 4.74 Å². The average Bonchev–Trinajstić information content (AvgIpc) is 2.43. The molecule has 0 bridgehead atoms. The Morgan fingerprint density at radius 3 is 2.19 bits per heavy atom. The summed E-state index contributed by atoms with van der Waals surface area (Å²) in [5.74, 6) is -3.80. The van der Waals surface area contributed by atoms with E-state index in [4.69, 9.17) is 0 Å². The first-order chi connectivity index (χ1) is 9.84. The highest BCUT2D eigenvalue weighted by atomic mass is 19.4. The summed E-state index contributed by atoms with van der Waals surface area (Å²) in [6.45, 7) is 2.11. The molecule has 0 heterocycles. The Labute approximate surface area is 121 Å². The molecule has 21 heavy (non-hydrogen) atoms. The Hall–Kier alpha value is -1.85. The lowest BCUT2D eigenvalue weighted by Gasteiger charge is -2.06. The number of hydrogen-bond acceptors (Lipinski definition) is 3. The van der Waals surface area contributed by atoms with E-state index in [2.05, 4.69) is 11.7 Å². The molecule has 0 atom stereocenters. The predicted molar refractivity (Wildman–Crippen MR) is 70.8 cm³/mol. The van der Waals surface area contributed by atoms with E-state index in [0.717, 1.165) is 37.7 Å². The molecule has 0 spiro atoms. The van der Waals surface area contributed by atoms with E-state index in [-0.39, 0.29) is 5.56 Å². The van der Waals surface area contributed by atoms with Crippen molar-refractivity contribution in [1.82, 2.24) is 0 Å². The van der Waals surface area contributed by atoms with Crippen molar-refractivity contribution in [2.75, 3.05) is 0 Å². The van der Waals surface area contributed by atoms with Gasteiger partial charge in [0.05, 0.1) is 5.56 Å². The Morgan fingerprint density at radius 1 is 1.05 bits per heavy atom. The lowest BCUT2D eigenvalue weighted by Crippen LogP contribution is -2.28. The van der Waals surface area contributed by atoms with Crippen LogP contribution >= 0.6 is 0 Å². The first-order valence-electron chi connectivity index (χ1n) is 6.77. The van der Waals surface area contributed by atoms with Gasteiger partial charge in [0, 0.05) is 0 Å². The number of esters is 2. The average molecular weight is 302 g/mol. The zero-order valence-corrected chi connectivity index (χ0v) is 11.7. The van der Waals surface area contributed by atoms with Crippen LogP contribution in [0.3, 0.4) is 0 Å². The maximum absolute atomic E-state index is 12.0. The molecule has 0 aliphatic heterocycles. The second kappa shape index (κ2) is 7.81. The number of halogens is 3. The molecule has 6 heteroatoms. The fraction of sp³-hybridized carbons (Fsp3) is 0.467. The van der Waals surface area contributed by atoms with E-state index in [1.807, 2.05) is 0 Å². The number of aryl methyl sites for hydroxylation is 1. The van der Waals surface area contributed by atoms with Crippen molar-refractivity contribution in [3.63, 3.8) is 0 Å². The standard InChI is InChI=1S/C15H17F3O3/c1-2-3-4-5-6-11-7-9-12(10-8-11)13(19)21-14(20)15(16,17)18/h7-10H,2-6H2,1H3. The van der Waals surface area contributed by atoms with E-state index < -0.39 is 18.1 Å². The smallest absolute Gasteiger partial charge is 0.383 e. The fourth-order valence-electron chi connectivity index (χ4n) is 1.76. The zero-order valence-electron chi connectivity index (χ0n) is 11.7. The van der Waals surface area contributed by atoms with Crippen molar-refractivity contribution in [2.45, 2.75) is 45.2 Å². The van der Waals surface area contributed by atoms with Gasteiger partial charge in [0.1, 0.15) is 0 Å². The lowest BCUT2D eigenvalue weighted by atomic mass is 10.0. The molecule has 0 fully saturated rings. The third-order valence-corrected chi connectivity index (χ3v) is 2.93. The van der Waals surface area contributed by atoms with E-state index in [0.29, 0.717) is 0 Å². The summed E-state index contributed by atoms with van der Waals surface area (Å²) in [5.41, 5.74) is 0.912. The summed E-state index contributed by atoms with van der Waals surface area (Å²) < 4.78 is 39.6. The van der Waals surface area contributed by atoms with E-state index in [1.54, 1.807) is 12.1 Å². The highest BCUT2D eigenvalue weighted by Gasteiger charge is 2.42. The Bertz CT molecular complexity index is 478. The van der Waals surface area contributed by atoms with Crippen LogP contribution in [-0.2, 0) is 16.0 Å². The van der Waals surface area contributed by atoms with E-state index >= 15 is 0 Å². The quantitative estimate of drug-likeness (QED) is 0.452. The normalized spacial score (nSPS) is 11.2. The van der Waals surface area contributed by atoms with Crippen LogP contribution in [0.15, 0.2) is 24.3 Å². The number of rotatable bonds is 6. The Balaban J connectivity index is 2.53. The maximum atomic E-state index is 12.0. The second-order valence-electron chi connectivity index (χ2n) is 4.68. The van der Waals surface area contributed by atoms with Crippen LogP contribution < -0.4 is 0 Å². The molecule has 3 nitrogen and oxygen atoms in total. The largest absolute Gasteiger partial charge is 0.491 e. The molecule has 0 saturated heterocycles. The summed E-state index contributed by atoms with van der Waals surface area (Å²) in [6, 6.07) is 6.03. The van der Waals surface area contributed by atoms with Crippen molar-refractivity contribution in [2.24, 2.45) is 0 Å². The van der Waals surface area contributed by atoms with E-state index in [9.17, 15) is 22.8 Å². The molecular formula is C15H17F3O3. The van der Waals surface area contributed by atoms with Gasteiger partial charge in [0.15, 0.2) is 0 Å².